The minimum atomic E-state index is -0.130. The Morgan fingerprint density at radius 2 is 2.26 bits per heavy atom. The van der Waals surface area contributed by atoms with Gasteiger partial charge in [0, 0.05) is 33.2 Å². The van der Waals surface area contributed by atoms with Crippen molar-refractivity contribution in [1.29, 1.82) is 0 Å². The van der Waals surface area contributed by atoms with E-state index in [0.29, 0.717) is 19.1 Å². The molecule has 1 fully saturated rings. The van der Waals surface area contributed by atoms with Crippen molar-refractivity contribution in [3.8, 4) is 0 Å². The van der Waals surface area contributed by atoms with Crippen molar-refractivity contribution in [1.82, 2.24) is 20.2 Å². The molecular formula is C13H20N4O2. The molecule has 0 aromatic carbocycles. The number of carbonyl (C=O) groups is 1. The summed E-state index contributed by atoms with van der Waals surface area (Å²) in [5, 5.41) is 3.29. The number of nitrogens with zero attached hydrogens (tertiary/aromatic N) is 2. The zero-order chi connectivity index (χ0) is 13.2. The van der Waals surface area contributed by atoms with Gasteiger partial charge in [0.2, 0.25) is 5.91 Å². The zero-order valence-electron chi connectivity index (χ0n) is 11.2. The van der Waals surface area contributed by atoms with Crippen LogP contribution in [0.15, 0.2) is 6.33 Å². The molecule has 0 aliphatic carbocycles. The second kappa shape index (κ2) is 5.30. The molecule has 1 saturated heterocycles. The Bertz CT molecular complexity index is 451. The van der Waals surface area contributed by atoms with Crippen LogP contribution < -0.4 is 5.32 Å². The molecule has 1 unspecified atom stereocenters. The van der Waals surface area contributed by atoms with Crippen LogP contribution in [0.3, 0.4) is 0 Å². The number of fused-ring (bicyclic) bond motifs is 1. The lowest BCUT2D eigenvalue weighted by Gasteiger charge is -2.34. The maximum absolute atomic E-state index is 12.5. The van der Waals surface area contributed by atoms with E-state index < -0.39 is 0 Å². The Morgan fingerprint density at radius 3 is 3.00 bits per heavy atom. The number of methoxy groups -OCH3 is 1. The zero-order valence-corrected chi connectivity index (χ0v) is 11.2. The Balaban J connectivity index is 1.60. The summed E-state index contributed by atoms with van der Waals surface area (Å²) in [6.45, 7) is 2.28. The molecule has 104 valence electrons. The topological polar surface area (TPSA) is 70.2 Å². The van der Waals surface area contributed by atoms with E-state index in [9.17, 15) is 4.79 Å². The molecule has 3 heterocycles. The van der Waals surface area contributed by atoms with Crippen LogP contribution >= 0.6 is 0 Å². The number of H-pyrrole nitrogens is 1. The van der Waals surface area contributed by atoms with Crippen LogP contribution in [-0.4, -0.2) is 53.1 Å². The van der Waals surface area contributed by atoms with Crippen molar-refractivity contribution in [2.75, 3.05) is 20.2 Å². The number of hydrogen-bond donors (Lipinski definition) is 2. The third-order valence-electron chi connectivity index (χ3n) is 4.12. The molecule has 6 nitrogen and oxygen atoms in total. The fraction of sp³-hybridized carbons (Fsp3) is 0.692. The van der Waals surface area contributed by atoms with Gasteiger partial charge in [-0.2, -0.15) is 0 Å². The highest BCUT2D eigenvalue weighted by Gasteiger charge is 2.31. The number of imidazole rings is 1. The van der Waals surface area contributed by atoms with E-state index in [4.69, 9.17) is 4.74 Å². The first-order valence-corrected chi connectivity index (χ1v) is 6.84. The molecule has 2 aliphatic rings. The molecule has 0 radical (unpaired) electrons. The van der Waals surface area contributed by atoms with Crippen LogP contribution in [0, 0.1) is 0 Å². The van der Waals surface area contributed by atoms with E-state index >= 15 is 0 Å². The molecule has 19 heavy (non-hydrogen) atoms. The summed E-state index contributed by atoms with van der Waals surface area (Å²) in [5.74, 6) is 0.197. The van der Waals surface area contributed by atoms with Crippen molar-refractivity contribution < 1.29 is 9.53 Å². The maximum Gasteiger partial charge on any atom is 0.240 e. The van der Waals surface area contributed by atoms with Gasteiger partial charge in [0.05, 0.1) is 29.9 Å². The first-order chi connectivity index (χ1) is 9.28. The number of carbonyl (C=O) groups excluding carboxylic acids is 1. The number of rotatable bonds is 2. The minimum absolute atomic E-state index is 0.130. The van der Waals surface area contributed by atoms with Gasteiger partial charge in [0.25, 0.3) is 0 Å². The standard InChI is InChI=1S/C13H20N4O2/c1-19-9-2-4-17(5-3-9)13(18)11-6-10-12(7-14-11)16-8-15-10/h8-9,11,14H,2-7H2,1H3,(H,15,16). The third-order valence-corrected chi connectivity index (χ3v) is 4.12. The Morgan fingerprint density at radius 1 is 1.47 bits per heavy atom. The molecule has 2 aliphatic heterocycles. The molecule has 1 aromatic heterocycles. The summed E-state index contributed by atoms with van der Waals surface area (Å²) in [4.78, 5) is 21.8. The van der Waals surface area contributed by atoms with Crippen molar-refractivity contribution in [3.63, 3.8) is 0 Å². The van der Waals surface area contributed by atoms with Crippen LogP contribution in [-0.2, 0) is 22.5 Å². The number of hydrogen-bond acceptors (Lipinski definition) is 4. The van der Waals surface area contributed by atoms with E-state index in [0.717, 1.165) is 37.3 Å². The smallest absolute Gasteiger partial charge is 0.240 e. The first kappa shape index (κ1) is 12.6. The molecule has 6 heteroatoms. The van der Waals surface area contributed by atoms with Gasteiger partial charge in [-0.3, -0.25) is 10.1 Å². The van der Waals surface area contributed by atoms with Gasteiger partial charge in [-0.1, -0.05) is 0 Å². The average molecular weight is 264 g/mol. The first-order valence-electron chi connectivity index (χ1n) is 6.84. The highest BCUT2D eigenvalue weighted by atomic mass is 16.5. The van der Waals surface area contributed by atoms with Gasteiger partial charge in [-0.15, -0.1) is 0 Å². The average Bonchev–Trinajstić information content (AvgIpc) is 2.94. The van der Waals surface area contributed by atoms with Gasteiger partial charge in [-0.25, -0.2) is 4.98 Å². The summed E-state index contributed by atoms with van der Waals surface area (Å²) in [6, 6.07) is -0.130. The van der Waals surface area contributed by atoms with Crippen LogP contribution in [0.4, 0.5) is 0 Å². The SMILES string of the molecule is COC1CCN(C(=O)C2Cc3nc[nH]c3CN2)CC1. The highest BCUT2D eigenvalue weighted by molar-refractivity contribution is 5.82. The van der Waals surface area contributed by atoms with Crippen LogP contribution in [0.5, 0.6) is 0 Å². The molecule has 2 N–H and O–H groups in total. The number of ether oxygens (including phenoxy) is 1. The van der Waals surface area contributed by atoms with Crippen molar-refractivity contribution >= 4 is 5.91 Å². The molecule has 1 atom stereocenters. The molecule has 1 aromatic rings. The predicted octanol–water partition coefficient (Wildman–Crippen LogP) is 0.0614. The summed E-state index contributed by atoms with van der Waals surface area (Å²) in [7, 11) is 1.74. The monoisotopic (exact) mass is 264 g/mol. The summed E-state index contributed by atoms with van der Waals surface area (Å²) in [5.41, 5.74) is 2.12. The van der Waals surface area contributed by atoms with Crippen LogP contribution in [0.2, 0.25) is 0 Å². The number of nitrogens with one attached hydrogen (secondary N) is 2. The molecule has 0 spiro atoms. The van der Waals surface area contributed by atoms with E-state index in [2.05, 4.69) is 15.3 Å². The highest BCUT2D eigenvalue weighted by Crippen LogP contribution is 2.17. The maximum atomic E-state index is 12.5. The largest absolute Gasteiger partial charge is 0.381 e. The van der Waals surface area contributed by atoms with Crippen molar-refractivity contribution in [2.24, 2.45) is 0 Å². The third kappa shape index (κ3) is 2.50. The second-order valence-corrected chi connectivity index (χ2v) is 5.23. The quantitative estimate of drug-likeness (QED) is 0.792. The second-order valence-electron chi connectivity index (χ2n) is 5.23. The van der Waals surface area contributed by atoms with Gasteiger partial charge >= 0.3 is 0 Å². The van der Waals surface area contributed by atoms with Crippen molar-refractivity contribution in [2.45, 2.75) is 38.0 Å². The lowest BCUT2D eigenvalue weighted by atomic mass is 10.0. The predicted molar refractivity (Wildman–Crippen MR) is 69.5 cm³/mol. The fourth-order valence-electron chi connectivity index (χ4n) is 2.88. The van der Waals surface area contributed by atoms with Gasteiger partial charge in [0.15, 0.2) is 0 Å². The number of amides is 1. The minimum Gasteiger partial charge on any atom is -0.381 e. The molecule has 0 bridgehead atoms. The van der Waals surface area contributed by atoms with E-state index in [1.54, 1.807) is 13.4 Å². The normalized spacial score (nSPS) is 24.3. The molecule has 0 saturated carbocycles. The summed E-state index contributed by atoms with van der Waals surface area (Å²) >= 11 is 0. The molecule has 1 amide bonds. The number of aromatic amines is 1. The molecular weight excluding hydrogens is 244 g/mol. The van der Waals surface area contributed by atoms with Crippen LogP contribution in [0.25, 0.3) is 0 Å². The molecule has 3 rings (SSSR count). The van der Waals surface area contributed by atoms with E-state index in [-0.39, 0.29) is 11.9 Å². The Kier molecular flexibility index (Phi) is 3.52. The fourth-order valence-corrected chi connectivity index (χ4v) is 2.88. The van der Waals surface area contributed by atoms with Gasteiger partial charge in [0.1, 0.15) is 0 Å². The van der Waals surface area contributed by atoms with Gasteiger partial charge < -0.3 is 14.6 Å². The summed E-state index contributed by atoms with van der Waals surface area (Å²) < 4.78 is 5.33. The lowest BCUT2D eigenvalue weighted by Crippen LogP contribution is -2.52. The Hall–Kier alpha value is -1.40. The lowest BCUT2D eigenvalue weighted by molar-refractivity contribution is -0.136. The van der Waals surface area contributed by atoms with Gasteiger partial charge in [-0.05, 0) is 12.8 Å². The Labute approximate surface area is 112 Å². The van der Waals surface area contributed by atoms with Crippen molar-refractivity contribution in [3.05, 3.63) is 17.7 Å². The number of piperidine rings is 1. The van der Waals surface area contributed by atoms with E-state index in [1.807, 2.05) is 4.90 Å². The van der Waals surface area contributed by atoms with Crippen LogP contribution in [0.1, 0.15) is 24.2 Å². The van der Waals surface area contributed by atoms with E-state index in [1.165, 1.54) is 0 Å². The number of aromatic nitrogens is 2. The summed E-state index contributed by atoms with van der Waals surface area (Å²) in [6.07, 6.45) is 4.55. The number of likely N-dealkylation sites (tertiary alicyclic amines) is 1.